The highest BCUT2D eigenvalue weighted by Crippen LogP contribution is 2.13. The third-order valence-corrected chi connectivity index (χ3v) is 4.04. The molecule has 0 saturated heterocycles. The largest absolute Gasteiger partial charge is 0.478 e. The Morgan fingerprint density at radius 3 is 2.35 bits per heavy atom. The molecule has 0 aliphatic rings. The summed E-state index contributed by atoms with van der Waals surface area (Å²) in [5, 5.41) is 8.69. The molecular formula is C11H14O5S. The Morgan fingerprint density at radius 1 is 1.29 bits per heavy atom. The van der Waals surface area contributed by atoms with Crippen LogP contribution < -0.4 is 0 Å². The van der Waals surface area contributed by atoms with Crippen LogP contribution in [0.2, 0.25) is 0 Å². The number of carboxylic acids is 1. The molecule has 0 bridgehead atoms. The molecule has 0 amide bonds. The fourth-order valence-electron chi connectivity index (χ4n) is 1.32. The Morgan fingerprint density at radius 2 is 1.88 bits per heavy atom. The molecule has 0 heterocycles. The van der Waals surface area contributed by atoms with Crippen molar-refractivity contribution in [2.45, 2.75) is 11.3 Å². The molecule has 94 valence electrons. The lowest BCUT2D eigenvalue weighted by molar-refractivity contribution is 0.0697. The van der Waals surface area contributed by atoms with Gasteiger partial charge in [-0.25, -0.2) is 13.2 Å². The van der Waals surface area contributed by atoms with Crippen LogP contribution in [-0.2, 0) is 14.6 Å². The lowest BCUT2D eigenvalue weighted by atomic mass is 10.2. The van der Waals surface area contributed by atoms with E-state index in [-0.39, 0.29) is 16.2 Å². The average molecular weight is 258 g/mol. The fraction of sp³-hybridized carbons (Fsp3) is 0.364. The third kappa shape index (κ3) is 3.83. The molecule has 1 aromatic carbocycles. The van der Waals surface area contributed by atoms with Crippen LogP contribution in [0.3, 0.4) is 0 Å². The highest BCUT2D eigenvalue weighted by molar-refractivity contribution is 7.91. The summed E-state index contributed by atoms with van der Waals surface area (Å²) in [4.78, 5) is 10.7. The average Bonchev–Trinajstić information content (AvgIpc) is 2.29. The van der Waals surface area contributed by atoms with Gasteiger partial charge in [-0.05, 0) is 30.7 Å². The summed E-state index contributed by atoms with van der Waals surface area (Å²) in [5.74, 6) is -1.08. The van der Waals surface area contributed by atoms with Crippen LogP contribution >= 0.6 is 0 Å². The maximum absolute atomic E-state index is 11.8. The van der Waals surface area contributed by atoms with Crippen molar-refractivity contribution >= 4 is 15.8 Å². The van der Waals surface area contributed by atoms with Crippen molar-refractivity contribution in [2.75, 3.05) is 19.5 Å². The Bertz CT molecular complexity index is 475. The van der Waals surface area contributed by atoms with E-state index in [1.54, 1.807) is 0 Å². The summed E-state index contributed by atoms with van der Waals surface area (Å²) in [5.41, 5.74) is 0.0702. The molecule has 0 aromatic heterocycles. The zero-order valence-electron chi connectivity index (χ0n) is 9.42. The lowest BCUT2D eigenvalue weighted by Crippen LogP contribution is -2.09. The van der Waals surface area contributed by atoms with Crippen molar-refractivity contribution in [2.24, 2.45) is 0 Å². The maximum atomic E-state index is 11.8. The molecule has 0 radical (unpaired) electrons. The monoisotopic (exact) mass is 258 g/mol. The number of carboxylic acid groups (broad SMARTS) is 1. The number of sulfone groups is 1. The van der Waals surface area contributed by atoms with E-state index in [0.29, 0.717) is 13.0 Å². The number of carbonyl (C=O) groups is 1. The second-order valence-corrected chi connectivity index (χ2v) is 5.60. The van der Waals surface area contributed by atoms with Crippen molar-refractivity contribution in [3.05, 3.63) is 29.8 Å². The normalized spacial score (nSPS) is 11.4. The molecule has 17 heavy (non-hydrogen) atoms. The van der Waals surface area contributed by atoms with Crippen LogP contribution in [-0.4, -0.2) is 39.0 Å². The summed E-state index contributed by atoms with van der Waals surface area (Å²) in [7, 11) is -1.84. The second-order valence-electron chi connectivity index (χ2n) is 3.49. The summed E-state index contributed by atoms with van der Waals surface area (Å²) in [6.45, 7) is 0.381. The van der Waals surface area contributed by atoms with Crippen LogP contribution in [0.15, 0.2) is 29.2 Å². The van der Waals surface area contributed by atoms with Crippen LogP contribution in [0.5, 0.6) is 0 Å². The van der Waals surface area contributed by atoms with E-state index in [4.69, 9.17) is 9.84 Å². The fourth-order valence-corrected chi connectivity index (χ4v) is 2.60. The van der Waals surface area contributed by atoms with Gasteiger partial charge in [-0.1, -0.05) is 0 Å². The van der Waals surface area contributed by atoms with Gasteiger partial charge in [0.2, 0.25) is 0 Å². The van der Waals surface area contributed by atoms with E-state index in [1.807, 2.05) is 0 Å². The van der Waals surface area contributed by atoms with Gasteiger partial charge in [0.25, 0.3) is 0 Å². The molecule has 0 aliphatic carbocycles. The zero-order valence-corrected chi connectivity index (χ0v) is 10.2. The van der Waals surface area contributed by atoms with Gasteiger partial charge in [-0.15, -0.1) is 0 Å². The number of benzene rings is 1. The number of methoxy groups -OCH3 is 1. The molecule has 0 unspecified atom stereocenters. The quantitative estimate of drug-likeness (QED) is 0.775. The minimum Gasteiger partial charge on any atom is -0.478 e. The minimum atomic E-state index is -3.35. The van der Waals surface area contributed by atoms with Crippen LogP contribution in [0.4, 0.5) is 0 Å². The van der Waals surface area contributed by atoms with Gasteiger partial charge < -0.3 is 9.84 Å². The molecule has 1 rings (SSSR count). The Hall–Kier alpha value is -1.40. The zero-order chi connectivity index (χ0) is 12.9. The smallest absolute Gasteiger partial charge is 0.335 e. The molecule has 1 aromatic rings. The SMILES string of the molecule is COCCCS(=O)(=O)c1ccc(C(=O)O)cc1. The van der Waals surface area contributed by atoms with E-state index >= 15 is 0 Å². The number of aromatic carboxylic acids is 1. The third-order valence-electron chi connectivity index (χ3n) is 2.22. The maximum Gasteiger partial charge on any atom is 0.335 e. The van der Waals surface area contributed by atoms with E-state index in [9.17, 15) is 13.2 Å². The molecular weight excluding hydrogens is 244 g/mol. The van der Waals surface area contributed by atoms with Crippen molar-refractivity contribution < 1.29 is 23.1 Å². The van der Waals surface area contributed by atoms with Crippen molar-refractivity contribution in [1.82, 2.24) is 0 Å². The van der Waals surface area contributed by atoms with Crippen molar-refractivity contribution in [3.63, 3.8) is 0 Å². The Kier molecular flexibility index (Phi) is 4.65. The molecule has 6 heteroatoms. The van der Waals surface area contributed by atoms with Crippen LogP contribution in [0.1, 0.15) is 16.8 Å². The summed E-state index contributed by atoms with van der Waals surface area (Å²) < 4.78 is 28.4. The standard InChI is InChI=1S/C11H14O5S/c1-16-7-2-8-17(14,15)10-5-3-9(4-6-10)11(12)13/h3-6H,2,7-8H2,1H3,(H,12,13). The molecule has 5 nitrogen and oxygen atoms in total. The van der Waals surface area contributed by atoms with Crippen molar-refractivity contribution in [3.8, 4) is 0 Å². The highest BCUT2D eigenvalue weighted by Gasteiger charge is 2.14. The Balaban J connectivity index is 2.81. The van der Waals surface area contributed by atoms with Gasteiger partial charge in [-0.2, -0.15) is 0 Å². The predicted octanol–water partition coefficient (Wildman–Crippen LogP) is 1.20. The molecule has 0 fully saturated rings. The topological polar surface area (TPSA) is 80.7 Å². The van der Waals surface area contributed by atoms with E-state index in [1.165, 1.54) is 31.4 Å². The van der Waals surface area contributed by atoms with Gasteiger partial charge in [-0.3, -0.25) is 0 Å². The predicted molar refractivity (Wildman–Crippen MR) is 61.9 cm³/mol. The first-order valence-corrected chi connectivity index (χ1v) is 6.67. The summed E-state index contributed by atoms with van der Waals surface area (Å²) in [6, 6.07) is 5.19. The first-order valence-electron chi connectivity index (χ1n) is 5.02. The van der Waals surface area contributed by atoms with E-state index in [2.05, 4.69) is 0 Å². The lowest BCUT2D eigenvalue weighted by Gasteiger charge is -2.04. The summed E-state index contributed by atoms with van der Waals surface area (Å²) >= 11 is 0. The van der Waals surface area contributed by atoms with Gasteiger partial charge in [0.15, 0.2) is 9.84 Å². The molecule has 1 N–H and O–H groups in total. The van der Waals surface area contributed by atoms with E-state index in [0.717, 1.165) is 0 Å². The van der Waals surface area contributed by atoms with Gasteiger partial charge in [0, 0.05) is 13.7 Å². The molecule has 0 spiro atoms. The minimum absolute atomic E-state index is 0.00669. The van der Waals surface area contributed by atoms with Crippen LogP contribution in [0, 0.1) is 0 Å². The van der Waals surface area contributed by atoms with Gasteiger partial charge in [0.1, 0.15) is 0 Å². The molecule has 0 saturated carbocycles. The number of hydrogen-bond acceptors (Lipinski definition) is 4. The van der Waals surface area contributed by atoms with Gasteiger partial charge >= 0.3 is 5.97 Å². The van der Waals surface area contributed by atoms with Crippen LogP contribution in [0.25, 0.3) is 0 Å². The molecule has 0 aliphatic heterocycles. The van der Waals surface area contributed by atoms with Crippen molar-refractivity contribution in [1.29, 1.82) is 0 Å². The highest BCUT2D eigenvalue weighted by atomic mass is 32.2. The number of rotatable bonds is 6. The van der Waals surface area contributed by atoms with Gasteiger partial charge in [0.05, 0.1) is 16.2 Å². The second kappa shape index (κ2) is 5.79. The Labute approximate surface area is 100.0 Å². The van der Waals surface area contributed by atoms with E-state index < -0.39 is 15.8 Å². The first kappa shape index (κ1) is 13.7. The molecule has 0 atom stereocenters. The first-order chi connectivity index (χ1) is 7.97. The summed E-state index contributed by atoms with van der Waals surface area (Å²) in [6.07, 6.45) is 0.416. The number of ether oxygens (including phenoxy) is 1. The number of hydrogen-bond donors (Lipinski definition) is 1.